The molecule has 0 radical (unpaired) electrons. The van der Waals surface area contributed by atoms with Gasteiger partial charge in [-0.2, -0.15) is 4.98 Å². The number of nitrogens with zero attached hydrogens (tertiary/aromatic N) is 6. The summed E-state index contributed by atoms with van der Waals surface area (Å²) >= 11 is 0. The van der Waals surface area contributed by atoms with Crippen molar-refractivity contribution in [3.63, 3.8) is 0 Å². The first-order chi connectivity index (χ1) is 14.6. The lowest BCUT2D eigenvalue weighted by Crippen LogP contribution is -2.36. The van der Waals surface area contributed by atoms with Crippen LogP contribution in [-0.2, 0) is 22.7 Å². The third-order valence-corrected chi connectivity index (χ3v) is 5.99. The first-order valence-corrected chi connectivity index (χ1v) is 10.3. The first kappa shape index (κ1) is 18.9. The standard InChI is InChI=1S/C21H24N6O3/c1-13-3-5-15(6-4-13)18-11-27-17(12-29-18)19(23-25-27)20-22-21(30-24-20)16-7-9-26(10-8-16)14(2)28/h3-6,16,18H,7-12H2,1-2H3/t18-/m0/s1. The summed E-state index contributed by atoms with van der Waals surface area (Å²) in [5.41, 5.74) is 3.81. The van der Waals surface area contributed by atoms with E-state index in [0.717, 1.165) is 24.1 Å². The van der Waals surface area contributed by atoms with Crippen molar-refractivity contribution in [1.82, 2.24) is 30.0 Å². The molecule has 1 saturated heterocycles. The van der Waals surface area contributed by atoms with Gasteiger partial charge in [0, 0.05) is 25.9 Å². The molecule has 0 N–H and O–H groups in total. The van der Waals surface area contributed by atoms with E-state index in [0.29, 0.717) is 43.7 Å². The number of carbonyl (C=O) groups is 1. The highest BCUT2D eigenvalue weighted by molar-refractivity contribution is 5.73. The summed E-state index contributed by atoms with van der Waals surface area (Å²) in [7, 11) is 0. The molecule has 0 spiro atoms. The maximum absolute atomic E-state index is 11.5. The van der Waals surface area contributed by atoms with Crippen molar-refractivity contribution < 1.29 is 14.1 Å². The predicted octanol–water partition coefficient (Wildman–Crippen LogP) is 2.63. The molecule has 0 unspecified atom stereocenters. The predicted molar refractivity (Wildman–Crippen MR) is 106 cm³/mol. The lowest BCUT2D eigenvalue weighted by molar-refractivity contribution is -0.129. The van der Waals surface area contributed by atoms with Crippen LogP contribution in [0, 0.1) is 6.92 Å². The van der Waals surface area contributed by atoms with E-state index < -0.39 is 0 Å². The normalized spacial score (nSPS) is 19.7. The van der Waals surface area contributed by atoms with E-state index in [9.17, 15) is 4.79 Å². The lowest BCUT2D eigenvalue weighted by atomic mass is 9.97. The molecule has 2 aromatic heterocycles. The van der Waals surface area contributed by atoms with Gasteiger partial charge in [0.05, 0.1) is 18.8 Å². The number of hydrogen-bond acceptors (Lipinski definition) is 7. The summed E-state index contributed by atoms with van der Waals surface area (Å²) in [4.78, 5) is 18.0. The Kier molecular flexibility index (Phi) is 4.82. The highest BCUT2D eigenvalue weighted by Crippen LogP contribution is 2.32. The Hall–Kier alpha value is -3.07. The van der Waals surface area contributed by atoms with Crippen LogP contribution in [0.3, 0.4) is 0 Å². The number of aryl methyl sites for hydroxylation is 1. The molecule has 30 heavy (non-hydrogen) atoms. The van der Waals surface area contributed by atoms with Crippen LogP contribution in [0.5, 0.6) is 0 Å². The average molecular weight is 408 g/mol. The van der Waals surface area contributed by atoms with Crippen LogP contribution in [0.1, 0.15) is 54.5 Å². The van der Waals surface area contributed by atoms with Crippen LogP contribution < -0.4 is 0 Å². The first-order valence-electron chi connectivity index (χ1n) is 10.3. The number of amides is 1. The van der Waals surface area contributed by atoms with E-state index in [4.69, 9.17) is 9.26 Å². The van der Waals surface area contributed by atoms with Crippen LogP contribution >= 0.6 is 0 Å². The number of fused-ring (bicyclic) bond motifs is 1. The van der Waals surface area contributed by atoms with Crippen molar-refractivity contribution in [2.24, 2.45) is 0 Å². The minimum Gasteiger partial charge on any atom is -0.365 e. The molecule has 1 aromatic carbocycles. The average Bonchev–Trinajstić information content (AvgIpc) is 3.41. The molecule has 2 aliphatic rings. The SMILES string of the molecule is CC(=O)N1CCC(c2nc(-c3nnn4c3CO[C@H](c3ccc(C)cc3)C4)no2)CC1. The summed E-state index contributed by atoms with van der Waals surface area (Å²) in [5, 5.41) is 12.7. The number of ether oxygens (including phenoxy) is 1. The summed E-state index contributed by atoms with van der Waals surface area (Å²) < 4.78 is 13.5. The molecule has 2 aliphatic heterocycles. The molecule has 1 fully saturated rings. The zero-order valence-electron chi connectivity index (χ0n) is 17.1. The van der Waals surface area contributed by atoms with Gasteiger partial charge in [0.1, 0.15) is 6.10 Å². The van der Waals surface area contributed by atoms with E-state index in [1.807, 2.05) is 9.58 Å². The Labute approximate surface area is 174 Å². The fourth-order valence-electron chi connectivity index (χ4n) is 4.11. The van der Waals surface area contributed by atoms with Crippen molar-refractivity contribution in [3.05, 3.63) is 47.0 Å². The van der Waals surface area contributed by atoms with Crippen LogP contribution in [0.2, 0.25) is 0 Å². The van der Waals surface area contributed by atoms with Crippen molar-refractivity contribution in [1.29, 1.82) is 0 Å². The molecule has 9 nitrogen and oxygen atoms in total. The van der Waals surface area contributed by atoms with Crippen molar-refractivity contribution in [2.75, 3.05) is 13.1 Å². The molecule has 0 bridgehead atoms. The number of aromatic nitrogens is 5. The molecule has 1 amide bonds. The van der Waals surface area contributed by atoms with Crippen LogP contribution in [0.25, 0.3) is 11.5 Å². The third kappa shape index (κ3) is 3.49. The number of carbonyl (C=O) groups excluding carboxylic acids is 1. The second kappa shape index (κ2) is 7.64. The molecule has 0 aliphatic carbocycles. The molecule has 9 heteroatoms. The number of benzene rings is 1. The molecule has 1 atom stereocenters. The summed E-state index contributed by atoms with van der Waals surface area (Å²) in [5.74, 6) is 1.32. The molecule has 0 saturated carbocycles. The number of hydrogen-bond donors (Lipinski definition) is 0. The second-order valence-electron chi connectivity index (χ2n) is 8.01. The van der Waals surface area contributed by atoms with Gasteiger partial charge in [0.15, 0.2) is 5.69 Å². The Morgan fingerprint density at radius 2 is 1.93 bits per heavy atom. The molecule has 156 valence electrons. The van der Waals surface area contributed by atoms with Crippen molar-refractivity contribution >= 4 is 5.91 Å². The van der Waals surface area contributed by atoms with Crippen molar-refractivity contribution in [2.45, 2.75) is 51.9 Å². The summed E-state index contributed by atoms with van der Waals surface area (Å²) in [6.07, 6.45) is 1.59. The zero-order valence-corrected chi connectivity index (χ0v) is 17.1. The van der Waals surface area contributed by atoms with E-state index in [2.05, 4.69) is 51.6 Å². The highest BCUT2D eigenvalue weighted by atomic mass is 16.5. The lowest BCUT2D eigenvalue weighted by Gasteiger charge is -2.29. The Bertz CT molecular complexity index is 1050. The maximum atomic E-state index is 11.5. The number of likely N-dealkylation sites (tertiary alicyclic amines) is 1. The van der Waals surface area contributed by atoms with Gasteiger partial charge >= 0.3 is 0 Å². The van der Waals surface area contributed by atoms with E-state index >= 15 is 0 Å². The maximum Gasteiger partial charge on any atom is 0.230 e. The van der Waals surface area contributed by atoms with Gasteiger partial charge in [0.2, 0.25) is 17.6 Å². The minimum atomic E-state index is -0.0556. The third-order valence-electron chi connectivity index (χ3n) is 5.99. The fourth-order valence-corrected chi connectivity index (χ4v) is 4.11. The van der Waals surface area contributed by atoms with Gasteiger partial charge in [-0.15, -0.1) is 5.10 Å². The van der Waals surface area contributed by atoms with Crippen LogP contribution in [0.4, 0.5) is 0 Å². The molecule has 3 aromatic rings. The monoisotopic (exact) mass is 408 g/mol. The van der Waals surface area contributed by atoms with E-state index in [-0.39, 0.29) is 17.9 Å². The smallest absolute Gasteiger partial charge is 0.230 e. The number of rotatable bonds is 3. The quantitative estimate of drug-likeness (QED) is 0.657. The van der Waals surface area contributed by atoms with Crippen LogP contribution in [0.15, 0.2) is 28.8 Å². The largest absolute Gasteiger partial charge is 0.365 e. The second-order valence-corrected chi connectivity index (χ2v) is 8.01. The van der Waals surface area contributed by atoms with Gasteiger partial charge in [-0.25, -0.2) is 4.68 Å². The van der Waals surface area contributed by atoms with E-state index in [1.165, 1.54) is 5.56 Å². The highest BCUT2D eigenvalue weighted by Gasteiger charge is 2.30. The zero-order chi connectivity index (χ0) is 20.7. The molecule has 4 heterocycles. The summed E-state index contributed by atoms with van der Waals surface area (Å²) in [6, 6.07) is 8.35. The Morgan fingerprint density at radius 3 is 2.67 bits per heavy atom. The minimum absolute atomic E-state index is 0.0556. The topological polar surface area (TPSA) is 99.2 Å². The Morgan fingerprint density at radius 1 is 1.17 bits per heavy atom. The van der Waals surface area contributed by atoms with Gasteiger partial charge < -0.3 is 14.2 Å². The van der Waals surface area contributed by atoms with Gasteiger partial charge in [0.25, 0.3) is 0 Å². The van der Waals surface area contributed by atoms with Crippen LogP contribution in [-0.4, -0.2) is 49.0 Å². The number of piperidine rings is 1. The molecular formula is C21H24N6O3. The van der Waals surface area contributed by atoms with Gasteiger partial charge in [-0.3, -0.25) is 4.79 Å². The van der Waals surface area contributed by atoms with Crippen molar-refractivity contribution in [3.8, 4) is 11.5 Å². The Balaban J connectivity index is 1.31. The summed E-state index contributed by atoms with van der Waals surface area (Å²) in [6.45, 7) is 6.09. The van der Waals surface area contributed by atoms with Gasteiger partial charge in [-0.1, -0.05) is 40.2 Å². The molecule has 5 rings (SSSR count). The van der Waals surface area contributed by atoms with Gasteiger partial charge in [-0.05, 0) is 25.3 Å². The fraction of sp³-hybridized carbons (Fsp3) is 0.476. The van der Waals surface area contributed by atoms with E-state index in [1.54, 1.807) is 6.92 Å². The molecular weight excluding hydrogens is 384 g/mol.